The van der Waals surface area contributed by atoms with Gasteiger partial charge in [-0.05, 0) is 35.7 Å². The van der Waals surface area contributed by atoms with Crippen LogP contribution in [0.3, 0.4) is 0 Å². The van der Waals surface area contributed by atoms with Crippen molar-refractivity contribution in [2.75, 3.05) is 0 Å². The molecule has 0 saturated heterocycles. The van der Waals surface area contributed by atoms with Gasteiger partial charge < -0.3 is 14.6 Å². The van der Waals surface area contributed by atoms with Gasteiger partial charge in [0.1, 0.15) is 18.6 Å². The third-order valence-electron chi connectivity index (χ3n) is 3.57. The van der Waals surface area contributed by atoms with Gasteiger partial charge in [-0.25, -0.2) is 0 Å². The van der Waals surface area contributed by atoms with Gasteiger partial charge in [0.2, 0.25) is 0 Å². The highest BCUT2D eigenvalue weighted by Gasteiger charge is 2.19. The van der Waals surface area contributed by atoms with E-state index in [1.165, 1.54) is 0 Å². The fourth-order valence-electron chi connectivity index (χ4n) is 2.21. The molecule has 0 aliphatic heterocycles. The molecule has 0 fully saturated rings. The minimum absolute atomic E-state index is 0.0290. The molecule has 0 amide bonds. The summed E-state index contributed by atoms with van der Waals surface area (Å²) in [5, 5.41) is 9.12. The van der Waals surface area contributed by atoms with Crippen LogP contribution < -0.4 is 4.74 Å². The third-order valence-corrected chi connectivity index (χ3v) is 3.57. The van der Waals surface area contributed by atoms with E-state index >= 15 is 0 Å². The highest BCUT2D eigenvalue weighted by Crippen LogP contribution is 2.23. The average Bonchev–Trinajstić information content (AvgIpc) is 2.52. The summed E-state index contributed by atoms with van der Waals surface area (Å²) in [7, 11) is 0. The minimum atomic E-state index is -0.999. The summed E-state index contributed by atoms with van der Waals surface area (Å²) in [6, 6.07) is 14.8. The van der Waals surface area contributed by atoms with Crippen LogP contribution in [0, 0.1) is 6.92 Å². The van der Waals surface area contributed by atoms with Crippen molar-refractivity contribution in [1.29, 1.82) is 0 Å². The second kappa shape index (κ2) is 7.41. The maximum absolute atomic E-state index is 11.1. The number of benzene rings is 2. The molecule has 114 valence electrons. The highest BCUT2D eigenvalue weighted by molar-refractivity contribution is 5.79. The summed E-state index contributed by atoms with van der Waals surface area (Å²) in [5.41, 5.74) is 2.87. The van der Waals surface area contributed by atoms with Crippen LogP contribution in [0.1, 0.15) is 29.0 Å². The molecule has 0 spiro atoms. The Morgan fingerprint density at radius 3 is 2.45 bits per heavy atom. The van der Waals surface area contributed by atoms with Crippen LogP contribution in [-0.4, -0.2) is 17.4 Å². The molecule has 22 heavy (non-hydrogen) atoms. The lowest BCUT2D eigenvalue weighted by molar-refractivity contribution is -0.139. The lowest BCUT2D eigenvalue weighted by atomic mass is 9.96. The predicted molar refractivity (Wildman–Crippen MR) is 83.0 cm³/mol. The van der Waals surface area contributed by atoms with E-state index < -0.39 is 11.9 Å². The Labute approximate surface area is 129 Å². The number of hydrogen-bond acceptors (Lipinski definition) is 3. The lowest BCUT2D eigenvalue weighted by Crippen LogP contribution is -2.12. The normalized spacial score (nSPS) is 11.7. The lowest BCUT2D eigenvalue weighted by Gasteiger charge is -2.12. The van der Waals surface area contributed by atoms with Crippen LogP contribution >= 0.6 is 0 Å². The summed E-state index contributed by atoms with van der Waals surface area (Å²) in [4.78, 5) is 21.7. The highest BCUT2D eigenvalue weighted by atomic mass is 16.5. The van der Waals surface area contributed by atoms with Gasteiger partial charge in [-0.1, -0.05) is 36.4 Å². The van der Waals surface area contributed by atoms with Crippen LogP contribution in [0.25, 0.3) is 0 Å². The average molecular weight is 298 g/mol. The van der Waals surface area contributed by atoms with Crippen molar-refractivity contribution in [2.24, 2.45) is 0 Å². The van der Waals surface area contributed by atoms with Gasteiger partial charge >= 0.3 is 5.97 Å². The van der Waals surface area contributed by atoms with E-state index in [2.05, 4.69) is 0 Å². The van der Waals surface area contributed by atoms with Crippen molar-refractivity contribution in [1.82, 2.24) is 0 Å². The predicted octanol–water partition coefficient (Wildman–Crippen LogP) is 3.33. The van der Waals surface area contributed by atoms with E-state index in [4.69, 9.17) is 9.84 Å². The maximum atomic E-state index is 11.1. The molecular weight excluding hydrogens is 280 g/mol. The van der Waals surface area contributed by atoms with Crippen molar-refractivity contribution in [2.45, 2.75) is 25.9 Å². The molecule has 0 aliphatic carbocycles. The number of carboxylic acid groups (broad SMARTS) is 1. The largest absolute Gasteiger partial charge is 0.489 e. The van der Waals surface area contributed by atoms with Crippen molar-refractivity contribution < 1.29 is 19.4 Å². The Hall–Kier alpha value is -2.62. The first-order valence-electron chi connectivity index (χ1n) is 7.05. The fourth-order valence-corrected chi connectivity index (χ4v) is 2.21. The van der Waals surface area contributed by atoms with Crippen molar-refractivity contribution >= 4 is 12.3 Å². The molecule has 0 radical (unpaired) electrons. The monoisotopic (exact) mass is 298 g/mol. The molecule has 2 aromatic rings. The molecule has 2 aromatic carbocycles. The van der Waals surface area contributed by atoms with Crippen LogP contribution in [0.2, 0.25) is 0 Å². The summed E-state index contributed by atoms with van der Waals surface area (Å²) in [6.07, 6.45) is 0.597. The molecule has 0 aromatic heterocycles. The summed E-state index contributed by atoms with van der Waals surface area (Å²) < 4.78 is 5.71. The third kappa shape index (κ3) is 3.95. The molecule has 2 rings (SSSR count). The SMILES string of the molecule is Cc1ccccc1COc1ccc(C(CC=O)C(=O)O)cc1. The Kier molecular flexibility index (Phi) is 5.31. The Bertz CT molecular complexity index is 646. The first-order chi connectivity index (χ1) is 10.6. The number of ether oxygens (including phenoxy) is 1. The zero-order valence-electron chi connectivity index (χ0n) is 12.4. The number of aldehydes is 1. The van der Waals surface area contributed by atoms with E-state index in [-0.39, 0.29) is 6.42 Å². The zero-order valence-corrected chi connectivity index (χ0v) is 12.4. The molecule has 0 aliphatic rings. The number of carbonyl (C=O) groups is 2. The summed E-state index contributed by atoms with van der Waals surface area (Å²) in [5.74, 6) is -1.13. The van der Waals surface area contributed by atoms with E-state index in [0.29, 0.717) is 24.2 Å². The molecular formula is C18H18O4. The van der Waals surface area contributed by atoms with Gasteiger partial charge in [-0.2, -0.15) is 0 Å². The van der Waals surface area contributed by atoms with E-state index in [1.54, 1.807) is 24.3 Å². The smallest absolute Gasteiger partial charge is 0.311 e. The van der Waals surface area contributed by atoms with E-state index in [9.17, 15) is 9.59 Å². The molecule has 1 unspecified atom stereocenters. The van der Waals surface area contributed by atoms with Crippen molar-refractivity contribution in [3.05, 3.63) is 65.2 Å². The van der Waals surface area contributed by atoms with Crippen LogP contribution in [0.15, 0.2) is 48.5 Å². The van der Waals surface area contributed by atoms with E-state index in [1.807, 2.05) is 31.2 Å². The van der Waals surface area contributed by atoms with Gasteiger partial charge in [0.15, 0.2) is 0 Å². The van der Waals surface area contributed by atoms with E-state index in [0.717, 1.165) is 11.1 Å². The second-order valence-electron chi connectivity index (χ2n) is 5.08. The number of rotatable bonds is 7. The quantitative estimate of drug-likeness (QED) is 0.796. The minimum Gasteiger partial charge on any atom is -0.489 e. The molecule has 1 N–H and O–H groups in total. The molecule has 1 atom stereocenters. The maximum Gasteiger partial charge on any atom is 0.311 e. The second-order valence-corrected chi connectivity index (χ2v) is 5.08. The number of carbonyl (C=O) groups excluding carboxylic acids is 1. The zero-order chi connectivity index (χ0) is 15.9. The summed E-state index contributed by atoms with van der Waals surface area (Å²) in [6.45, 7) is 2.49. The Balaban J connectivity index is 2.04. The topological polar surface area (TPSA) is 63.6 Å². The van der Waals surface area contributed by atoms with Gasteiger partial charge in [0.05, 0.1) is 5.92 Å². The molecule has 4 heteroatoms. The number of carboxylic acids is 1. The number of aliphatic carboxylic acids is 1. The van der Waals surface area contributed by atoms with Crippen molar-refractivity contribution in [3.63, 3.8) is 0 Å². The van der Waals surface area contributed by atoms with Gasteiger partial charge in [-0.15, -0.1) is 0 Å². The Morgan fingerprint density at radius 2 is 1.86 bits per heavy atom. The van der Waals surface area contributed by atoms with Gasteiger partial charge in [0, 0.05) is 6.42 Å². The van der Waals surface area contributed by atoms with Crippen molar-refractivity contribution in [3.8, 4) is 5.75 Å². The molecule has 0 bridgehead atoms. The molecule has 4 nitrogen and oxygen atoms in total. The Morgan fingerprint density at radius 1 is 1.18 bits per heavy atom. The van der Waals surface area contributed by atoms with Crippen LogP contribution in [0.4, 0.5) is 0 Å². The first-order valence-corrected chi connectivity index (χ1v) is 7.05. The number of aryl methyl sites for hydroxylation is 1. The van der Waals surface area contributed by atoms with Crippen LogP contribution in [-0.2, 0) is 16.2 Å². The van der Waals surface area contributed by atoms with Crippen LogP contribution in [0.5, 0.6) is 5.75 Å². The molecule has 0 heterocycles. The molecule has 0 saturated carbocycles. The fraction of sp³-hybridized carbons (Fsp3) is 0.222. The first kappa shape index (κ1) is 15.8. The van der Waals surface area contributed by atoms with Gasteiger partial charge in [-0.3, -0.25) is 4.79 Å². The van der Waals surface area contributed by atoms with Gasteiger partial charge in [0.25, 0.3) is 0 Å². The standard InChI is InChI=1S/C18H18O4/c1-13-4-2-3-5-15(13)12-22-16-8-6-14(7-9-16)17(10-11-19)18(20)21/h2-9,11,17H,10,12H2,1H3,(H,20,21). The summed E-state index contributed by atoms with van der Waals surface area (Å²) >= 11 is 0. The number of hydrogen-bond donors (Lipinski definition) is 1.